The molecular weight excluding hydrogens is 889 g/mol. The monoisotopic (exact) mass is 1000 g/mol. The minimum absolute atomic E-state index is 0.0795. The predicted octanol–water partition coefficient (Wildman–Crippen LogP) is 20.7. The van der Waals surface area contributed by atoms with E-state index < -0.39 is 6.10 Å². The molecule has 0 aromatic rings. The number of rotatable bonds is 55. The van der Waals surface area contributed by atoms with Crippen molar-refractivity contribution < 1.29 is 28.6 Å². The Morgan fingerprint density at radius 1 is 0.292 bits per heavy atom. The molecule has 0 aliphatic carbocycles. The van der Waals surface area contributed by atoms with E-state index in [1.54, 1.807) is 0 Å². The number of hydrogen-bond donors (Lipinski definition) is 0. The number of esters is 3. The average Bonchev–Trinajstić information content (AvgIpc) is 3.38. The van der Waals surface area contributed by atoms with Gasteiger partial charge in [0.05, 0.1) is 0 Å². The molecule has 72 heavy (non-hydrogen) atoms. The minimum Gasteiger partial charge on any atom is -0.462 e. The van der Waals surface area contributed by atoms with Crippen molar-refractivity contribution in [1.82, 2.24) is 0 Å². The third kappa shape index (κ3) is 57.5. The van der Waals surface area contributed by atoms with E-state index >= 15 is 0 Å². The highest BCUT2D eigenvalue weighted by Crippen LogP contribution is 2.16. The van der Waals surface area contributed by atoms with Gasteiger partial charge in [0.2, 0.25) is 0 Å². The Kier molecular flexibility index (Phi) is 57.3. The lowest BCUT2D eigenvalue weighted by molar-refractivity contribution is -0.167. The van der Waals surface area contributed by atoms with Crippen molar-refractivity contribution >= 4 is 17.9 Å². The number of carbonyl (C=O) groups excluding carboxylic acids is 3. The largest absolute Gasteiger partial charge is 0.462 e. The highest BCUT2D eigenvalue weighted by molar-refractivity contribution is 5.71. The van der Waals surface area contributed by atoms with Crippen LogP contribution in [0.15, 0.2) is 85.1 Å². The van der Waals surface area contributed by atoms with Gasteiger partial charge in [-0.25, -0.2) is 0 Å². The number of carbonyl (C=O) groups is 3. The van der Waals surface area contributed by atoms with E-state index in [0.717, 1.165) is 109 Å². The molecule has 0 N–H and O–H groups in total. The summed E-state index contributed by atoms with van der Waals surface area (Å²) >= 11 is 0. The molecule has 6 heteroatoms. The number of hydrogen-bond acceptors (Lipinski definition) is 6. The molecule has 0 rings (SSSR count). The van der Waals surface area contributed by atoms with E-state index in [1.165, 1.54) is 148 Å². The SMILES string of the molecule is CC/C=C\C/C=C\C/C=C\C/C=C\CCCCCCCCCCCCCCCCCCC(=O)OCC(COC(=O)CCCCCCCC)OC(=O)CCCCCCCC/C=C\C/C=C\C/C=C\CCCCC. The van der Waals surface area contributed by atoms with Gasteiger partial charge in [-0.2, -0.15) is 0 Å². The summed E-state index contributed by atoms with van der Waals surface area (Å²) in [6.45, 7) is 6.45. The molecule has 0 aliphatic heterocycles. The summed E-state index contributed by atoms with van der Waals surface area (Å²) in [5, 5.41) is 0. The van der Waals surface area contributed by atoms with Crippen LogP contribution in [0.2, 0.25) is 0 Å². The van der Waals surface area contributed by atoms with E-state index in [0.29, 0.717) is 19.3 Å². The number of unbranched alkanes of at least 4 members (excludes halogenated alkanes) is 30. The second-order valence-corrected chi connectivity index (χ2v) is 20.2. The second-order valence-electron chi connectivity index (χ2n) is 20.2. The van der Waals surface area contributed by atoms with Gasteiger partial charge in [0.15, 0.2) is 6.10 Å². The Morgan fingerprint density at radius 2 is 0.542 bits per heavy atom. The topological polar surface area (TPSA) is 78.9 Å². The van der Waals surface area contributed by atoms with Gasteiger partial charge in [0, 0.05) is 19.3 Å². The molecule has 1 unspecified atom stereocenters. The average molecular weight is 1000 g/mol. The molecular formula is C66H114O6. The molecule has 0 spiro atoms. The van der Waals surface area contributed by atoms with Crippen LogP contribution in [0.3, 0.4) is 0 Å². The molecule has 414 valence electrons. The Labute approximate surface area is 445 Å². The van der Waals surface area contributed by atoms with Crippen LogP contribution in [0.4, 0.5) is 0 Å². The molecule has 0 saturated heterocycles. The van der Waals surface area contributed by atoms with Crippen molar-refractivity contribution in [1.29, 1.82) is 0 Å². The molecule has 0 aliphatic rings. The number of ether oxygens (including phenoxy) is 3. The fourth-order valence-corrected chi connectivity index (χ4v) is 8.56. The van der Waals surface area contributed by atoms with Crippen LogP contribution >= 0.6 is 0 Å². The van der Waals surface area contributed by atoms with Crippen LogP contribution in [0.1, 0.15) is 297 Å². The van der Waals surface area contributed by atoms with Gasteiger partial charge in [-0.15, -0.1) is 0 Å². The van der Waals surface area contributed by atoms with Crippen molar-refractivity contribution in [2.75, 3.05) is 13.2 Å². The highest BCUT2D eigenvalue weighted by Gasteiger charge is 2.19. The molecule has 0 saturated carbocycles. The maximum Gasteiger partial charge on any atom is 0.306 e. The summed E-state index contributed by atoms with van der Waals surface area (Å²) in [6.07, 6.45) is 79.1. The summed E-state index contributed by atoms with van der Waals surface area (Å²) in [5.74, 6) is -0.893. The lowest BCUT2D eigenvalue weighted by Crippen LogP contribution is -2.30. The van der Waals surface area contributed by atoms with Crippen LogP contribution in [-0.4, -0.2) is 37.2 Å². The van der Waals surface area contributed by atoms with Gasteiger partial charge in [0.25, 0.3) is 0 Å². The predicted molar refractivity (Wildman–Crippen MR) is 311 cm³/mol. The summed E-state index contributed by atoms with van der Waals surface area (Å²) in [5.41, 5.74) is 0. The van der Waals surface area contributed by atoms with Crippen LogP contribution < -0.4 is 0 Å². The van der Waals surface area contributed by atoms with Gasteiger partial charge < -0.3 is 14.2 Å². The second kappa shape index (κ2) is 60.1. The van der Waals surface area contributed by atoms with Gasteiger partial charge in [-0.3, -0.25) is 14.4 Å². The van der Waals surface area contributed by atoms with Gasteiger partial charge in [-0.1, -0.05) is 266 Å². The third-order valence-electron chi connectivity index (χ3n) is 13.1. The third-order valence-corrected chi connectivity index (χ3v) is 13.1. The molecule has 0 amide bonds. The zero-order valence-corrected chi connectivity index (χ0v) is 47.4. The minimum atomic E-state index is -0.779. The fraction of sp³-hybridized carbons (Fsp3) is 0.742. The molecule has 0 fully saturated rings. The van der Waals surface area contributed by atoms with Crippen molar-refractivity contribution in [3.63, 3.8) is 0 Å². The maximum absolute atomic E-state index is 12.8. The Bertz CT molecular complexity index is 1380. The maximum atomic E-state index is 12.8. The van der Waals surface area contributed by atoms with E-state index in [2.05, 4.69) is 106 Å². The van der Waals surface area contributed by atoms with Crippen molar-refractivity contribution in [2.24, 2.45) is 0 Å². The smallest absolute Gasteiger partial charge is 0.306 e. The van der Waals surface area contributed by atoms with Gasteiger partial charge in [-0.05, 0) is 96.3 Å². The van der Waals surface area contributed by atoms with Gasteiger partial charge >= 0.3 is 17.9 Å². The Hall–Kier alpha value is -3.41. The zero-order chi connectivity index (χ0) is 52.2. The summed E-state index contributed by atoms with van der Waals surface area (Å²) in [4.78, 5) is 37.9. The normalized spacial score (nSPS) is 12.7. The first-order chi connectivity index (χ1) is 35.5. The van der Waals surface area contributed by atoms with E-state index in [1.807, 2.05) is 0 Å². The van der Waals surface area contributed by atoms with Crippen LogP contribution in [0, 0.1) is 0 Å². The van der Waals surface area contributed by atoms with Crippen molar-refractivity contribution in [3.8, 4) is 0 Å². The molecule has 0 aromatic heterocycles. The molecule has 0 bridgehead atoms. The summed E-state index contributed by atoms with van der Waals surface area (Å²) in [6, 6.07) is 0. The first-order valence-electron chi connectivity index (χ1n) is 30.6. The Balaban J connectivity index is 4.07. The highest BCUT2D eigenvalue weighted by atomic mass is 16.6. The fourth-order valence-electron chi connectivity index (χ4n) is 8.56. The van der Waals surface area contributed by atoms with E-state index in [9.17, 15) is 14.4 Å². The van der Waals surface area contributed by atoms with E-state index in [-0.39, 0.29) is 31.1 Å². The number of allylic oxidation sites excluding steroid dienone is 14. The quantitative estimate of drug-likeness (QED) is 0.0261. The first kappa shape index (κ1) is 68.6. The molecule has 6 nitrogen and oxygen atoms in total. The molecule has 1 atom stereocenters. The van der Waals surface area contributed by atoms with Gasteiger partial charge in [0.1, 0.15) is 13.2 Å². The standard InChI is InChI=1S/C66H114O6/c1-4-7-10-13-16-18-20-22-24-26-28-29-30-31-32-33-34-35-36-37-39-40-42-44-46-48-50-53-56-59-65(68)71-62-63(61-70-64(67)58-55-52-15-12-9-6-3)72-66(69)60-57-54-51-49-47-45-43-41-38-27-25-23-21-19-17-14-11-8-5-2/h7,10,16-19,22-25,28-29,38,41,63H,4-6,8-9,11-15,20-21,26-27,30-37,39-40,42-62H2,1-3H3/b10-7-,18-16-,19-17-,24-22-,25-23-,29-28-,41-38-. The van der Waals surface area contributed by atoms with Crippen LogP contribution in [-0.2, 0) is 28.6 Å². The van der Waals surface area contributed by atoms with Crippen LogP contribution in [0.25, 0.3) is 0 Å². The van der Waals surface area contributed by atoms with Crippen LogP contribution in [0.5, 0.6) is 0 Å². The molecule has 0 aromatic carbocycles. The van der Waals surface area contributed by atoms with E-state index in [4.69, 9.17) is 14.2 Å². The Morgan fingerprint density at radius 3 is 0.875 bits per heavy atom. The lowest BCUT2D eigenvalue weighted by Gasteiger charge is -2.18. The summed E-state index contributed by atoms with van der Waals surface area (Å²) in [7, 11) is 0. The molecule has 0 radical (unpaired) electrons. The molecule has 0 heterocycles. The lowest BCUT2D eigenvalue weighted by atomic mass is 10.0. The van der Waals surface area contributed by atoms with Crippen molar-refractivity contribution in [2.45, 2.75) is 303 Å². The summed E-state index contributed by atoms with van der Waals surface area (Å²) < 4.78 is 16.8. The first-order valence-corrected chi connectivity index (χ1v) is 30.6. The zero-order valence-electron chi connectivity index (χ0n) is 47.4. The van der Waals surface area contributed by atoms with Crippen molar-refractivity contribution in [3.05, 3.63) is 85.1 Å².